The van der Waals surface area contributed by atoms with E-state index >= 15 is 0 Å². The Kier molecular flexibility index (Phi) is 21.9. The van der Waals surface area contributed by atoms with Crippen LogP contribution in [-0.2, 0) is 17.1 Å². The molecule has 0 heterocycles. The number of amides is 2. The van der Waals surface area contributed by atoms with Gasteiger partial charge in [-0.05, 0) is 12.8 Å². The summed E-state index contributed by atoms with van der Waals surface area (Å²) in [4.78, 5) is 19.3. The molecule has 0 bridgehead atoms. The van der Waals surface area contributed by atoms with Gasteiger partial charge in [-0.25, -0.2) is 0 Å². The van der Waals surface area contributed by atoms with Crippen molar-refractivity contribution in [2.75, 3.05) is 13.1 Å². The maximum atomic E-state index is 9.65. The van der Waals surface area contributed by atoms with Gasteiger partial charge in [-0.1, -0.05) is 26.7 Å². The maximum Gasteiger partial charge on any atom is 2.00 e. The molecule has 0 aliphatic heterocycles. The van der Waals surface area contributed by atoms with Crippen molar-refractivity contribution < 1.29 is 36.9 Å². The quantitative estimate of drug-likeness (QED) is 0.506. The number of rotatable bonds is 6. The number of hydrogen-bond donors (Lipinski definition) is 2. The van der Waals surface area contributed by atoms with Crippen LogP contribution in [0.1, 0.15) is 39.5 Å². The van der Waals surface area contributed by atoms with E-state index in [1.54, 1.807) is 0 Å². The van der Waals surface area contributed by atoms with E-state index in [-0.39, 0.29) is 17.1 Å². The molecule has 0 atom stereocenters. The second-order valence-electron chi connectivity index (χ2n) is 3.14. The molecule has 0 aromatic rings. The molecule has 0 unspecified atom stereocenters. The van der Waals surface area contributed by atoms with Gasteiger partial charge in [0.05, 0.1) is 0 Å². The molecule has 6 nitrogen and oxygen atoms in total. The van der Waals surface area contributed by atoms with Crippen LogP contribution in [0.4, 0.5) is 9.59 Å². The third-order valence-corrected chi connectivity index (χ3v) is 1.60. The third-order valence-electron chi connectivity index (χ3n) is 1.60. The standard InChI is InChI=1S/2C5H11NO2.Cu/c2*1-2-3-4-6-5(7)8;/h2*6H,2-4H2,1H3,(H,7,8);/q;;+2/p-2. The van der Waals surface area contributed by atoms with E-state index in [1.807, 2.05) is 13.8 Å². The molecule has 0 saturated heterocycles. The van der Waals surface area contributed by atoms with Crippen LogP contribution in [0, 0.1) is 0 Å². The molecule has 2 amide bonds. The van der Waals surface area contributed by atoms with Gasteiger partial charge in [0.2, 0.25) is 0 Å². The zero-order chi connectivity index (χ0) is 12.8. The summed E-state index contributed by atoms with van der Waals surface area (Å²) in [5, 5.41) is 23.6. The van der Waals surface area contributed by atoms with Crippen LogP contribution in [0.5, 0.6) is 0 Å². The monoisotopic (exact) mass is 295 g/mol. The molecule has 0 rings (SSSR count). The van der Waals surface area contributed by atoms with Gasteiger partial charge in [-0.3, -0.25) is 0 Å². The van der Waals surface area contributed by atoms with Crippen molar-refractivity contribution in [3.05, 3.63) is 0 Å². The van der Waals surface area contributed by atoms with E-state index in [1.165, 1.54) is 0 Å². The van der Waals surface area contributed by atoms with Gasteiger partial charge in [-0.15, -0.1) is 0 Å². The zero-order valence-corrected chi connectivity index (χ0v) is 11.1. The molecular formula is C10H20CuN2O4. The van der Waals surface area contributed by atoms with Gasteiger partial charge in [0.1, 0.15) is 12.2 Å². The van der Waals surface area contributed by atoms with E-state index in [0.717, 1.165) is 25.7 Å². The fourth-order valence-corrected chi connectivity index (χ4v) is 0.734. The molecule has 0 aliphatic rings. The largest absolute Gasteiger partial charge is 2.00 e. The van der Waals surface area contributed by atoms with Gasteiger partial charge < -0.3 is 30.4 Å². The first-order valence-corrected chi connectivity index (χ1v) is 5.44. The van der Waals surface area contributed by atoms with E-state index in [0.29, 0.717) is 13.1 Å². The molecule has 0 aliphatic carbocycles. The molecule has 17 heavy (non-hydrogen) atoms. The molecule has 0 aromatic heterocycles. The van der Waals surface area contributed by atoms with Crippen molar-refractivity contribution in [3.8, 4) is 0 Å². The van der Waals surface area contributed by atoms with Crippen molar-refractivity contribution in [2.24, 2.45) is 0 Å². The summed E-state index contributed by atoms with van der Waals surface area (Å²) >= 11 is 0. The fraction of sp³-hybridized carbons (Fsp3) is 0.800. The number of unbranched alkanes of at least 4 members (excludes halogenated alkanes) is 2. The van der Waals surface area contributed by atoms with Crippen LogP contribution >= 0.6 is 0 Å². The van der Waals surface area contributed by atoms with Crippen molar-refractivity contribution in [2.45, 2.75) is 39.5 Å². The Labute approximate surface area is 113 Å². The number of carbonyl (C=O) groups excluding carboxylic acids is 2. The van der Waals surface area contributed by atoms with E-state index in [4.69, 9.17) is 0 Å². The second kappa shape index (κ2) is 17.5. The Morgan fingerprint density at radius 1 is 0.882 bits per heavy atom. The van der Waals surface area contributed by atoms with Gasteiger partial charge in [-0.2, -0.15) is 0 Å². The Morgan fingerprint density at radius 3 is 1.35 bits per heavy atom. The molecule has 7 heteroatoms. The summed E-state index contributed by atoms with van der Waals surface area (Å²) in [6, 6.07) is 0. The average Bonchev–Trinajstić information content (AvgIpc) is 2.18. The van der Waals surface area contributed by atoms with Crippen LogP contribution in [0.25, 0.3) is 0 Å². The Morgan fingerprint density at radius 2 is 1.18 bits per heavy atom. The molecule has 0 spiro atoms. The summed E-state index contributed by atoms with van der Waals surface area (Å²) in [5.74, 6) is 0. The van der Waals surface area contributed by atoms with Crippen molar-refractivity contribution in [1.82, 2.24) is 10.6 Å². The summed E-state index contributed by atoms with van der Waals surface area (Å²) in [6.45, 7) is 5.02. The van der Waals surface area contributed by atoms with Gasteiger partial charge in [0, 0.05) is 13.1 Å². The minimum Gasteiger partial charge on any atom is -0.530 e. The zero-order valence-electron chi connectivity index (χ0n) is 10.2. The maximum absolute atomic E-state index is 9.65. The first-order chi connectivity index (χ1) is 7.54. The Hall–Kier alpha value is -0.941. The Bertz CT molecular complexity index is 171. The van der Waals surface area contributed by atoms with Crippen LogP contribution in [0.15, 0.2) is 0 Å². The summed E-state index contributed by atoms with van der Waals surface area (Å²) in [6.07, 6.45) is 1.40. The average molecular weight is 296 g/mol. The third kappa shape index (κ3) is 31.3. The summed E-state index contributed by atoms with van der Waals surface area (Å²) in [5.41, 5.74) is 0. The van der Waals surface area contributed by atoms with Gasteiger partial charge in [0.15, 0.2) is 0 Å². The predicted molar refractivity (Wildman–Crippen MR) is 56.6 cm³/mol. The van der Waals surface area contributed by atoms with Crippen molar-refractivity contribution in [3.63, 3.8) is 0 Å². The molecule has 0 saturated carbocycles. The smallest absolute Gasteiger partial charge is 0.530 e. The van der Waals surface area contributed by atoms with Crippen LogP contribution in [0.2, 0.25) is 0 Å². The van der Waals surface area contributed by atoms with Crippen LogP contribution < -0.4 is 20.8 Å². The number of nitrogens with one attached hydrogen (secondary N) is 2. The molecule has 105 valence electrons. The minimum absolute atomic E-state index is 0. The molecular weight excluding hydrogens is 276 g/mol. The predicted octanol–water partition coefficient (Wildman–Crippen LogP) is -0.564. The molecule has 1 radical (unpaired) electrons. The Balaban J connectivity index is -0.000000218. The van der Waals surface area contributed by atoms with Crippen molar-refractivity contribution >= 4 is 12.2 Å². The molecule has 0 aromatic carbocycles. The number of hydrogen-bond acceptors (Lipinski definition) is 4. The first kappa shape index (κ1) is 21.4. The number of carbonyl (C=O) groups is 2. The fourth-order valence-electron chi connectivity index (χ4n) is 0.734. The molecule has 0 fully saturated rings. The van der Waals surface area contributed by atoms with E-state index < -0.39 is 12.2 Å². The normalized spacial score (nSPS) is 8.12. The van der Waals surface area contributed by atoms with Crippen molar-refractivity contribution in [1.29, 1.82) is 0 Å². The van der Waals surface area contributed by atoms with E-state index in [2.05, 4.69) is 10.6 Å². The number of carboxylic acid groups (broad SMARTS) is 2. The molecule has 2 N–H and O–H groups in total. The SMILES string of the molecule is CCCCNC(=O)[O-].CCCCNC(=O)[O-].[Cu+2]. The van der Waals surface area contributed by atoms with E-state index in [9.17, 15) is 19.8 Å². The van der Waals surface area contributed by atoms with Gasteiger partial charge >= 0.3 is 17.1 Å². The van der Waals surface area contributed by atoms with Crippen LogP contribution in [-0.4, -0.2) is 25.3 Å². The second-order valence-corrected chi connectivity index (χ2v) is 3.14. The summed E-state index contributed by atoms with van der Waals surface area (Å²) < 4.78 is 0. The van der Waals surface area contributed by atoms with Crippen LogP contribution in [0.3, 0.4) is 0 Å². The first-order valence-electron chi connectivity index (χ1n) is 5.44. The van der Waals surface area contributed by atoms with Gasteiger partial charge in [0.25, 0.3) is 0 Å². The minimum atomic E-state index is -1.18. The topological polar surface area (TPSA) is 104 Å². The summed E-state index contributed by atoms with van der Waals surface area (Å²) in [7, 11) is 0.